The highest BCUT2D eigenvalue weighted by molar-refractivity contribution is 7.89. The third-order valence-electron chi connectivity index (χ3n) is 4.64. The summed E-state index contributed by atoms with van der Waals surface area (Å²) in [6.45, 7) is 3.87. The monoisotopic (exact) mass is 419 g/mol. The zero-order chi connectivity index (χ0) is 20.7. The molecule has 2 aromatic carbocycles. The van der Waals surface area contributed by atoms with Crippen LogP contribution >= 0.6 is 0 Å². The molecular formula is C20H25N3O5S. The molecule has 0 bridgehead atoms. The number of rotatable bonds is 9. The summed E-state index contributed by atoms with van der Waals surface area (Å²) in [7, 11) is -3.91. The predicted octanol–water partition coefficient (Wildman–Crippen LogP) is 1.30. The SMILES string of the molecule is O=C(O)[C@H](CCOc1ccc(N2CCNCC2)cc1)NS(=O)(=O)c1ccccc1. The van der Waals surface area contributed by atoms with Crippen LogP contribution in [0.3, 0.4) is 0 Å². The number of carbonyl (C=O) groups is 1. The molecule has 29 heavy (non-hydrogen) atoms. The summed E-state index contributed by atoms with van der Waals surface area (Å²) in [4.78, 5) is 13.8. The molecule has 1 heterocycles. The van der Waals surface area contributed by atoms with E-state index in [9.17, 15) is 18.3 Å². The van der Waals surface area contributed by atoms with Gasteiger partial charge in [0.05, 0.1) is 11.5 Å². The molecule has 2 aromatic rings. The van der Waals surface area contributed by atoms with E-state index in [-0.39, 0.29) is 17.9 Å². The minimum atomic E-state index is -3.91. The summed E-state index contributed by atoms with van der Waals surface area (Å²) < 4.78 is 32.5. The van der Waals surface area contributed by atoms with Crippen LogP contribution in [0.1, 0.15) is 6.42 Å². The molecule has 0 unspecified atom stereocenters. The minimum Gasteiger partial charge on any atom is -0.494 e. The number of anilines is 1. The average Bonchev–Trinajstić information content (AvgIpc) is 2.74. The van der Waals surface area contributed by atoms with Gasteiger partial charge in [-0.2, -0.15) is 4.72 Å². The van der Waals surface area contributed by atoms with Crippen molar-refractivity contribution in [2.45, 2.75) is 17.4 Å². The van der Waals surface area contributed by atoms with Crippen molar-refractivity contribution in [3.63, 3.8) is 0 Å². The second-order valence-electron chi connectivity index (χ2n) is 6.69. The molecule has 156 valence electrons. The molecule has 8 nitrogen and oxygen atoms in total. The van der Waals surface area contributed by atoms with Gasteiger partial charge in [0.15, 0.2) is 0 Å². The molecule has 1 saturated heterocycles. The summed E-state index contributed by atoms with van der Waals surface area (Å²) in [5.74, 6) is -0.638. The van der Waals surface area contributed by atoms with E-state index in [0.717, 1.165) is 31.9 Å². The number of ether oxygens (including phenoxy) is 1. The van der Waals surface area contributed by atoms with Crippen molar-refractivity contribution in [1.29, 1.82) is 0 Å². The fourth-order valence-electron chi connectivity index (χ4n) is 3.06. The van der Waals surface area contributed by atoms with Crippen LogP contribution in [0.15, 0.2) is 59.5 Å². The van der Waals surface area contributed by atoms with Crippen molar-refractivity contribution in [3.05, 3.63) is 54.6 Å². The van der Waals surface area contributed by atoms with Crippen molar-refractivity contribution in [2.24, 2.45) is 0 Å². The Morgan fingerprint density at radius 2 is 1.76 bits per heavy atom. The Morgan fingerprint density at radius 1 is 1.10 bits per heavy atom. The van der Waals surface area contributed by atoms with E-state index in [1.165, 1.54) is 12.1 Å². The van der Waals surface area contributed by atoms with Gasteiger partial charge in [-0.3, -0.25) is 4.79 Å². The summed E-state index contributed by atoms with van der Waals surface area (Å²) in [5.41, 5.74) is 1.11. The highest BCUT2D eigenvalue weighted by Gasteiger charge is 2.25. The first-order valence-electron chi connectivity index (χ1n) is 9.44. The van der Waals surface area contributed by atoms with E-state index < -0.39 is 22.0 Å². The van der Waals surface area contributed by atoms with Crippen LogP contribution in [0, 0.1) is 0 Å². The van der Waals surface area contributed by atoms with Gasteiger partial charge in [0.1, 0.15) is 11.8 Å². The van der Waals surface area contributed by atoms with Gasteiger partial charge >= 0.3 is 5.97 Å². The number of nitrogens with one attached hydrogen (secondary N) is 2. The van der Waals surface area contributed by atoms with E-state index in [0.29, 0.717) is 5.75 Å². The van der Waals surface area contributed by atoms with Gasteiger partial charge < -0.3 is 20.1 Å². The number of hydrogen-bond donors (Lipinski definition) is 3. The van der Waals surface area contributed by atoms with Crippen LogP contribution in [-0.2, 0) is 14.8 Å². The van der Waals surface area contributed by atoms with Crippen molar-refractivity contribution >= 4 is 21.7 Å². The Kier molecular flexibility index (Phi) is 7.08. The van der Waals surface area contributed by atoms with Crippen molar-refractivity contribution in [3.8, 4) is 5.75 Å². The highest BCUT2D eigenvalue weighted by atomic mass is 32.2. The first-order chi connectivity index (χ1) is 14.0. The van der Waals surface area contributed by atoms with E-state index in [1.54, 1.807) is 18.2 Å². The van der Waals surface area contributed by atoms with E-state index >= 15 is 0 Å². The summed E-state index contributed by atoms with van der Waals surface area (Å²) in [6, 6.07) is 14.0. The molecule has 0 amide bonds. The molecule has 0 aliphatic carbocycles. The standard InChI is InChI=1S/C20H25N3O5S/c24-20(25)19(22-29(26,27)18-4-2-1-3-5-18)10-15-28-17-8-6-16(7-9-17)23-13-11-21-12-14-23/h1-9,19,21-22H,10-15H2,(H,24,25)/t19-/m0/s1. The van der Waals surface area contributed by atoms with Crippen LogP contribution < -0.4 is 19.7 Å². The second kappa shape index (κ2) is 9.73. The number of carboxylic acids is 1. The summed E-state index contributed by atoms with van der Waals surface area (Å²) >= 11 is 0. The average molecular weight is 420 g/mol. The van der Waals surface area contributed by atoms with E-state index in [2.05, 4.69) is 14.9 Å². The molecule has 9 heteroatoms. The zero-order valence-corrected chi connectivity index (χ0v) is 16.8. The first kappa shape index (κ1) is 21.1. The lowest BCUT2D eigenvalue weighted by Crippen LogP contribution is -2.43. The first-order valence-corrected chi connectivity index (χ1v) is 10.9. The van der Waals surface area contributed by atoms with Crippen molar-refractivity contribution in [2.75, 3.05) is 37.7 Å². The van der Waals surface area contributed by atoms with Crippen molar-refractivity contribution in [1.82, 2.24) is 10.0 Å². The topological polar surface area (TPSA) is 108 Å². The largest absolute Gasteiger partial charge is 0.494 e. The second-order valence-corrected chi connectivity index (χ2v) is 8.41. The van der Waals surface area contributed by atoms with Gasteiger partial charge in [-0.1, -0.05) is 18.2 Å². The van der Waals surface area contributed by atoms with Gasteiger partial charge in [-0.15, -0.1) is 0 Å². The van der Waals surface area contributed by atoms with Crippen LogP contribution in [-0.4, -0.2) is 58.3 Å². The van der Waals surface area contributed by atoms with Crippen molar-refractivity contribution < 1.29 is 23.1 Å². The van der Waals surface area contributed by atoms with Crippen LogP contribution in [0.25, 0.3) is 0 Å². The molecular weight excluding hydrogens is 394 g/mol. The molecule has 0 saturated carbocycles. The molecule has 0 aromatic heterocycles. The number of benzene rings is 2. The maximum absolute atomic E-state index is 12.3. The highest BCUT2D eigenvalue weighted by Crippen LogP contribution is 2.20. The quantitative estimate of drug-likeness (QED) is 0.562. The number of sulfonamides is 1. The lowest BCUT2D eigenvalue weighted by molar-refractivity contribution is -0.139. The molecule has 1 aliphatic heterocycles. The van der Waals surface area contributed by atoms with Crippen LogP contribution in [0.2, 0.25) is 0 Å². The number of carboxylic acid groups (broad SMARTS) is 1. The number of aliphatic carboxylic acids is 1. The maximum atomic E-state index is 12.3. The minimum absolute atomic E-state index is 0.000935. The van der Waals surface area contributed by atoms with Gasteiger partial charge in [-0.25, -0.2) is 8.42 Å². The normalized spacial score (nSPS) is 15.7. The molecule has 1 atom stereocenters. The van der Waals surface area contributed by atoms with Crippen LogP contribution in [0.5, 0.6) is 5.75 Å². The Labute approximate surface area is 170 Å². The van der Waals surface area contributed by atoms with E-state index in [1.807, 2.05) is 24.3 Å². The zero-order valence-electron chi connectivity index (χ0n) is 16.0. The van der Waals surface area contributed by atoms with Gasteiger partial charge in [0.25, 0.3) is 0 Å². The maximum Gasteiger partial charge on any atom is 0.321 e. The molecule has 0 spiro atoms. The fraction of sp³-hybridized carbons (Fsp3) is 0.350. The number of piperazine rings is 1. The number of hydrogen-bond acceptors (Lipinski definition) is 6. The van der Waals surface area contributed by atoms with Gasteiger partial charge in [0.2, 0.25) is 10.0 Å². The lowest BCUT2D eigenvalue weighted by atomic mass is 10.2. The smallest absolute Gasteiger partial charge is 0.321 e. The molecule has 0 radical (unpaired) electrons. The fourth-order valence-corrected chi connectivity index (χ4v) is 4.30. The Morgan fingerprint density at radius 3 is 2.38 bits per heavy atom. The molecule has 3 rings (SSSR count). The summed E-state index contributed by atoms with van der Waals surface area (Å²) in [5, 5.41) is 12.7. The summed E-state index contributed by atoms with van der Waals surface area (Å²) in [6.07, 6.45) is 0.000935. The number of nitrogens with zero attached hydrogens (tertiary/aromatic N) is 1. The predicted molar refractivity (Wildman–Crippen MR) is 110 cm³/mol. The van der Waals surface area contributed by atoms with Gasteiger partial charge in [0, 0.05) is 38.3 Å². The molecule has 1 aliphatic rings. The Balaban J connectivity index is 1.53. The van der Waals surface area contributed by atoms with Crippen LogP contribution in [0.4, 0.5) is 5.69 Å². The third-order valence-corrected chi connectivity index (χ3v) is 6.13. The molecule has 1 fully saturated rings. The third kappa shape index (κ3) is 5.93. The molecule has 3 N–H and O–H groups in total. The Bertz CT molecular complexity index is 897. The van der Waals surface area contributed by atoms with Gasteiger partial charge in [-0.05, 0) is 36.4 Å². The lowest BCUT2D eigenvalue weighted by Gasteiger charge is -2.29. The Hall–Kier alpha value is -2.62. The van der Waals surface area contributed by atoms with E-state index in [4.69, 9.17) is 4.74 Å².